The second kappa shape index (κ2) is 6.20. The fourth-order valence-electron chi connectivity index (χ4n) is 0.626. The van der Waals surface area contributed by atoms with Crippen molar-refractivity contribution in [2.45, 2.75) is 13.0 Å². The number of carboxylic acid groups (broad SMARTS) is 1. The highest BCUT2D eigenvalue weighted by Crippen LogP contribution is 1.83. The summed E-state index contributed by atoms with van der Waals surface area (Å²) in [4.78, 5) is 32.1. The lowest BCUT2D eigenvalue weighted by atomic mass is 10.3. The SMILES string of the molecule is [2H]C(Cl)C(=O)N[C@@H](C)C(=O)NCC(=O)O. The van der Waals surface area contributed by atoms with Crippen LogP contribution in [0.5, 0.6) is 0 Å². The predicted octanol–water partition coefficient (Wildman–Crippen LogP) is -1.07. The number of nitrogens with one attached hydrogen (secondary N) is 2. The van der Waals surface area contributed by atoms with E-state index in [-0.39, 0.29) is 0 Å². The van der Waals surface area contributed by atoms with Gasteiger partial charge in [-0.15, -0.1) is 11.6 Å². The maximum atomic E-state index is 11.1. The maximum Gasteiger partial charge on any atom is 0.322 e. The number of hydrogen-bond donors (Lipinski definition) is 3. The number of carbonyl (C=O) groups excluding carboxylic acids is 2. The van der Waals surface area contributed by atoms with Crippen LogP contribution in [0.25, 0.3) is 0 Å². The van der Waals surface area contributed by atoms with Crippen LogP contribution >= 0.6 is 11.6 Å². The highest BCUT2D eigenvalue weighted by atomic mass is 35.5. The van der Waals surface area contributed by atoms with Crippen LogP contribution in [0.3, 0.4) is 0 Å². The number of alkyl halides is 1. The van der Waals surface area contributed by atoms with Crippen molar-refractivity contribution in [1.82, 2.24) is 10.6 Å². The summed E-state index contributed by atoms with van der Waals surface area (Å²) in [5, 5.41) is 12.5. The first-order chi connectivity index (χ1) is 6.84. The van der Waals surface area contributed by atoms with Gasteiger partial charge >= 0.3 is 5.97 Å². The van der Waals surface area contributed by atoms with Crippen molar-refractivity contribution in [3.05, 3.63) is 0 Å². The standard InChI is InChI=1S/C7H11ClN2O4/c1-4(10-5(11)2-8)7(14)9-3-6(12)13/h4H,2-3H2,1H3,(H,9,14)(H,10,11)(H,12,13)/t4-/m0/s1/i2D/t2?,4-. The predicted molar refractivity (Wildman–Crippen MR) is 49.0 cm³/mol. The molecule has 0 aliphatic heterocycles. The molecule has 3 N–H and O–H groups in total. The molecule has 0 radical (unpaired) electrons. The number of hydrogen-bond acceptors (Lipinski definition) is 3. The largest absolute Gasteiger partial charge is 0.480 e. The van der Waals surface area contributed by atoms with Gasteiger partial charge in [-0.1, -0.05) is 0 Å². The van der Waals surface area contributed by atoms with Gasteiger partial charge in [0, 0.05) is 0 Å². The molecule has 6 nitrogen and oxygen atoms in total. The summed E-state index contributed by atoms with van der Waals surface area (Å²) < 4.78 is 6.82. The number of aliphatic carboxylic acids is 1. The Labute approximate surface area is 87.0 Å². The van der Waals surface area contributed by atoms with Gasteiger partial charge in [-0.2, -0.15) is 0 Å². The molecule has 0 aromatic carbocycles. The van der Waals surface area contributed by atoms with Crippen LogP contribution < -0.4 is 10.6 Å². The fourth-order valence-corrected chi connectivity index (χ4v) is 0.689. The van der Waals surface area contributed by atoms with E-state index in [1.165, 1.54) is 6.92 Å². The van der Waals surface area contributed by atoms with Crippen molar-refractivity contribution in [2.75, 3.05) is 12.4 Å². The second-order valence-corrected chi connectivity index (χ2v) is 2.67. The van der Waals surface area contributed by atoms with Crippen LogP contribution in [-0.2, 0) is 14.4 Å². The van der Waals surface area contributed by atoms with Gasteiger partial charge in [-0.25, -0.2) is 0 Å². The Kier molecular flexibility index (Phi) is 4.77. The molecule has 0 fully saturated rings. The molecule has 0 saturated carbocycles. The topological polar surface area (TPSA) is 95.5 Å². The minimum absolute atomic E-state index is 0.524. The molecule has 0 heterocycles. The quantitative estimate of drug-likeness (QED) is 0.517. The van der Waals surface area contributed by atoms with E-state index in [9.17, 15) is 14.4 Å². The molecule has 0 bridgehead atoms. The average molecular weight is 224 g/mol. The molecule has 2 atom stereocenters. The van der Waals surface area contributed by atoms with E-state index in [0.29, 0.717) is 0 Å². The van der Waals surface area contributed by atoms with Gasteiger partial charge in [0.2, 0.25) is 11.8 Å². The summed E-state index contributed by atoms with van der Waals surface area (Å²) in [7, 11) is 0. The number of amides is 2. The molecule has 1 unspecified atom stereocenters. The maximum absolute atomic E-state index is 11.1. The molecule has 0 aromatic rings. The van der Waals surface area contributed by atoms with Crippen molar-refractivity contribution in [3.8, 4) is 0 Å². The molecule has 80 valence electrons. The zero-order valence-electron chi connectivity index (χ0n) is 8.41. The minimum atomic E-state index is -1.49. The second-order valence-electron chi connectivity index (χ2n) is 2.45. The Morgan fingerprint density at radius 2 is 2.14 bits per heavy atom. The van der Waals surface area contributed by atoms with Crippen LogP contribution in [0.1, 0.15) is 8.29 Å². The van der Waals surface area contributed by atoms with E-state index in [1.54, 1.807) is 0 Å². The Hall–Kier alpha value is -1.30. The lowest BCUT2D eigenvalue weighted by Gasteiger charge is -2.11. The highest BCUT2D eigenvalue weighted by molar-refractivity contribution is 6.27. The van der Waals surface area contributed by atoms with E-state index in [4.69, 9.17) is 18.1 Å². The third-order valence-electron chi connectivity index (χ3n) is 1.26. The molecular formula is C7H11ClN2O4. The van der Waals surface area contributed by atoms with Crippen molar-refractivity contribution in [3.63, 3.8) is 0 Å². The third-order valence-corrected chi connectivity index (χ3v) is 1.46. The van der Waals surface area contributed by atoms with Crippen LogP contribution in [-0.4, -0.2) is 41.3 Å². The minimum Gasteiger partial charge on any atom is -0.480 e. The summed E-state index contributed by atoms with van der Waals surface area (Å²) in [6.45, 7) is 0.832. The van der Waals surface area contributed by atoms with E-state index in [2.05, 4.69) is 10.6 Å². The molecule has 0 rings (SSSR count). The lowest BCUT2D eigenvalue weighted by Crippen LogP contribution is -2.46. The molecule has 2 amide bonds. The molecule has 0 aromatic heterocycles. The monoisotopic (exact) mass is 223 g/mol. The van der Waals surface area contributed by atoms with Gasteiger partial charge in [0.25, 0.3) is 0 Å². The molecule has 7 heteroatoms. The van der Waals surface area contributed by atoms with Gasteiger partial charge in [-0.05, 0) is 6.92 Å². The number of rotatable bonds is 5. The van der Waals surface area contributed by atoms with E-state index >= 15 is 0 Å². The summed E-state index contributed by atoms with van der Waals surface area (Å²) in [5.41, 5.74) is 0. The zero-order valence-corrected chi connectivity index (χ0v) is 8.17. The van der Waals surface area contributed by atoms with Gasteiger partial charge in [0.05, 0.1) is 1.37 Å². The normalized spacial score (nSPS) is 14.9. The van der Waals surface area contributed by atoms with Crippen molar-refractivity contribution < 1.29 is 20.9 Å². The van der Waals surface area contributed by atoms with Crippen molar-refractivity contribution in [1.29, 1.82) is 0 Å². The molecule has 0 aliphatic rings. The van der Waals surface area contributed by atoms with E-state index in [0.717, 1.165) is 0 Å². The highest BCUT2D eigenvalue weighted by Gasteiger charge is 2.14. The number of carbonyl (C=O) groups is 3. The Bertz CT molecular complexity index is 272. The van der Waals surface area contributed by atoms with Crippen molar-refractivity contribution in [2.24, 2.45) is 0 Å². The summed E-state index contributed by atoms with van der Waals surface area (Å²) in [6.07, 6.45) is 0. The molecule has 0 saturated heterocycles. The van der Waals surface area contributed by atoms with Crippen LogP contribution in [0.2, 0.25) is 0 Å². The molecule has 0 aliphatic carbocycles. The lowest BCUT2D eigenvalue weighted by molar-refractivity contribution is -0.138. The van der Waals surface area contributed by atoms with Crippen LogP contribution in [0.15, 0.2) is 0 Å². The Morgan fingerprint density at radius 3 is 2.57 bits per heavy atom. The van der Waals surface area contributed by atoms with Crippen molar-refractivity contribution >= 4 is 29.4 Å². The Morgan fingerprint density at radius 1 is 1.57 bits per heavy atom. The zero-order chi connectivity index (χ0) is 12.0. The number of carboxylic acids is 1. The smallest absolute Gasteiger partial charge is 0.322 e. The van der Waals surface area contributed by atoms with Crippen LogP contribution in [0, 0.1) is 0 Å². The van der Waals surface area contributed by atoms with E-state index < -0.39 is 36.2 Å². The summed E-state index contributed by atoms with van der Waals surface area (Å²) >= 11 is 5.13. The van der Waals surface area contributed by atoms with Gasteiger partial charge in [-0.3, -0.25) is 14.4 Å². The summed E-state index contributed by atoms with van der Waals surface area (Å²) in [5.74, 6) is -4.13. The van der Waals surface area contributed by atoms with Gasteiger partial charge < -0.3 is 15.7 Å². The van der Waals surface area contributed by atoms with E-state index in [1.807, 2.05) is 0 Å². The first kappa shape index (κ1) is 10.8. The Balaban J connectivity index is 3.99. The first-order valence-corrected chi connectivity index (χ1v) is 4.14. The summed E-state index contributed by atoms with van der Waals surface area (Å²) in [6, 6.07) is -0.927. The molecular weight excluding hydrogens is 212 g/mol. The first-order valence-electron chi connectivity index (χ1n) is 4.28. The molecule has 14 heavy (non-hydrogen) atoms. The van der Waals surface area contributed by atoms with Gasteiger partial charge in [0.1, 0.15) is 18.4 Å². The fraction of sp³-hybridized carbons (Fsp3) is 0.571. The third kappa shape index (κ3) is 5.36. The average Bonchev–Trinajstić information content (AvgIpc) is 2.13. The van der Waals surface area contributed by atoms with Crippen LogP contribution in [0.4, 0.5) is 0 Å². The number of halogens is 1. The molecule has 0 spiro atoms. The van der Waals surface area contributed by atoms with Gasteiger partial charge in [0.15, 0.2) is 0 Å².